The lowest BCUT2D eigenvalue weighted by molar-refractivity contribution is 0.169. The third kappa shape index (κ3) is 6.48. The number of nitrogens with zero attached hydrogens (tertiary/aromatic N) is 4. The van der Waals surface area contributed by atoms with E-state index in [9.17, 15) is 0 Å². The Labute approximate surface area is 185 Å². The normalized spacial score (nSPS) is 15.4. The van der Waals surface area contributed by atoms with E-state index in [1.54, 1.807) is 0 Å². The maximum Gasteiger partial charge on any atom is 0.193 e. The molecule has 0 amide bonds. The molecule has 0 spiro atoms. The monoisotopic (exact) mass is 497 g/mol. The van der Waals surface area contributed by atoms with Gasteiger partial charge in [-0.2, -0.15) is 0 Å². The van der Waals surface area contributed by atoms with Crippen molar-refractivity contribution in [2.45, 2.75) is 33.2 Å². The smallest absolute Gasteiger partial charge is 0.193 e. The number of piperazine rings is 1. The van der Waals surface area contributed by atoms with Gasteiger partial charge in [0.25, 0.3) is 0 Å². The molecule has 2 aromatic rings. The lowest BCUT2D eigenvalue weighted by Gasteiger charge is -2.36. The van der Waals surface area contributed by atoms with Crippen LogP contribution in [0.3, 0.4) is 0 Å². The highest BCUT2D eigenvalue weighted by Gasteiger charge is 2.20. The molecule has 0 saturated carbocycles. The van der Waals surface area contributed by atoms with Crippen LogP contribution in [-0.2, 0) is 19.4 Å². The van der Waals surface area contributed by atoms with Gasteiger partial charge in [0.2, 0.25) is 0 Å². The van der Waals surface area contributed by atoms with Crippen molar-refractivity contribution in [2.75, 3.05) is 39.8 Å². The molecular weight excluding hydrogens is 465 g/mol. The predicted octanol–water partition coefficient (Wildman–Crippen LogP) is 3.10. The van der Waals surface area contributed by atoms with Gasteiger partial charge >= 0.3 is 0 Å². The zero-order chi connectivity index (χ0) is 19.1. The average Bonchev–Trinajstić information content (AvgIpc) is 3.11. The zero-order valence-corrected chi connectivity index (χ0v) is 19.5. The largest absolute Gasteiger partial charge is 0.361 e. The molecule has 1 aromatic heterocycles. The summed E-state index contributed by atoms with van der Waals surface area (Å²) in [4.78, 5) is 9.22. The number of hydrogen-bond donors (Lipinski definition) is 1. The van der Waals surface area contributed by atoms with E-state index < -0.39 is 0 Å². The second-order valence-corrected chi connectivity index (χ2v) is 7.09. The second-order valence-electron chi connectivity index (χ2n) is 7.09. The van der Waals surface area contributed by atoms with Crippen LogP contribution in [0.25, 0.3) is 0 Å². The Kier molecular flexibility index (Phi) is 9.24. The Balaban J connectivity index is 0.00000280. The number of benzene rings is 1. The number of rotatable bonds is 6. The number of aryl methyl sites for hydroxylation is 2. The molecule has 1 aliphatic heterocycles. The molecule has 28 heavy (non-hydrogen) atoms. The van der Waals surface area contributed by atoms with Crippen molar-refractivity contribution in [2.24, 2.45) is 4.99 Å². The molecule has 0 radical (unpaired) electrons. The van der Waals surface area contributed by atoms with Gasteiger partial charge in [0.1, 0.15) is 5.76 Å². The fourth-order valence-electron chi connectivity index (χ4n) is 3.43. The highest BCUT2D eigenvalue weighted by atomic mass is 127. The van der Waals surface area contributed by atoms with Crippen molar-refractivity contribution in [3.63, 3.8) is 0 Å². The Morgan fingerprint density at radius 2 is 1.82 bits per heavy atom. The fourth-order valence-corrected chi connectivity index (χ4v) is 3.43. The highest BCUT2D eigenvalue weighted by molar-refractivity contribution is 14.0. The van der Waals surface area contributed by atoms with E-state index in [2.05, 4.69) is 56.5 Å². The van der Waals surface area contributed by atoms with Gasteiger partial charge in [-0.1, -0.05) is 36.3 Å². The maximum absolute atomic E-state index is 5.16. The van der Waals surface area contributed by atoms with E-state index in [1.807, 2.05) is 20.0 Å². The van der Waals surface area contributed by atoms with E-state index >= 15 is 0 Å². The number of hydrogen-bond acceptors (Lipinski definition) is 4. The predicted molar refractivity (Wildman–Crippen MR) is 124 cm³/mol. The summed E-state index contributed by atoms with van der Waals surface area (Å²) in [5.74, 6) is 1.87. The molecule has 2 heterocycles. The molecule has 1 aliphatic rings. The molecule has 0 aliphatic carbocycles. The number of aliphatic imine (C=N–C) groups is 1. The Bertz CT molecular complexity index is 736. The van der Waals surface area contributed by atoms with E-state index in [-0.39, 0.29) is 24.0 Å². The van der Waals surface area contributed by atoms with E-state index in [1.165, 1.54) is 11.1 Å². The van der Waals surface area contributed by atoms with E-state index in [0.29, 0.717) is 0 Å². The Morgan fingerprint density at radius 1 is 1.14 bits per heavy atom. The molecule has 1 fully saturated rings. The Hall–Kier alpha value is -1.61. The van der Waals surface area contributed by atoms with Gasteiger partial charge in [0, 0.05) is 52.4 Å². The lowest BCUT2D eigenvalue weighted by Crippen LogP contribution is -2.52. The van der Waals surface area contributed by atoms with Crippen LogP contribution in [0.1, 0.15) is 29.5 Å². The maximum atomic E-state index is 5.16. The third-order valence-corrected chi connectivity index (χ3v) is 5.07. The average molecular weight is 497 g/mol. The summed E-state index contributed by atoms with van der Waals surface area (Å²) in [6.45, 7) is 9.83. The van der Waals surface area contributed by atoms with Gasteiger partial charge < -0.3 is 14.7 Å². The minimum atomic E-state index is 0. The first-order valence-corrected chi connectivity index (χ1v) is 9.86. The van der Waals surface area contributed by atoms with Crippen LogP contribution in [-0.4, -0.2) is 60.7 Å². The summed E-state index contributed by atoms with van der Waals surface area (Å²) in [6, 6.07) is 10.9. The molecule has 0 bridgehead atoms. The molecule has 1 aromatic carbocycles. The van der Waals surface area contributed by atoms with Gasteiger partial charge in [-0.15, -0.1) is 24.0 Å². The second kappa shape index (κ2) is 11.4. The highest BCUT2D eigenvalue weighted by Crippen LogP contribution is 2.09. The van der Waals surface area contributed by atoms with Crippen molar-refractivity contribution in [1.82, 2.24) is 20.3 Å². The van der Waals surface area contributed by atoms with E-state index in [4.69, 9.17) is 4.52 Å². The Morgan fingerprint density at radius 3 is 2.39 bits per heavy atom. The van der Waals surface area contributed by atoms with Gasteiger partial charge in [-0.3, -0.25) is 9.89 Å². The van der Waals surface area contributed by atoms with Crippen LogP contribution in [0.15, 0.2) is 39.8 Å². The summed E-state index contributed by atoms with van der Waals surface area (Å²) in [6.07, 6.45) is 2.10. The summed E-state index contributed by atoms with van der Waals surface area (Å²) < 4.78 is 5.16. The molecule has 6 nitrogen and oxygen atoms in total. The summed E-state index contributed by atoms with van der Waals surface area (Å²) in [5, 5.41) is 7.61. The first-order chi connectivity index (χ1) is 13.2. The van der Waals surface area contributed by atoms with Crippen molar-refractivity contribution in [3.05, 3.63) is 52.9 Å². The molecule has 1 saturated heterocycles. The molecule has 154 valence electrons. The third-order valence-electron chi connectivity index (χ3n) is 5.07. The molecule has 0 atom stereocenters. The van der Waals surface area contributed by atoms with Gasteiger partial charge in [0.15, 0.2) is 5.96 Å². The van der Waals surface area contributed by atoms with E-state index in [0.717, 1.165) is 69.5 Å². The number of aromatic nitrogens is 1. The van der Waals surface area contributed by atoms with Gasteiger partial charge in [-0.05, 0) is 30.9 Å². The fraction of sp³-hybridized carbons (Fsp3) is 0.524. The van der Waals surface area contributed by atoms with Crippen molar-refractivity contribution in [3.8, 4) is 0 Å². The zero-order valence-electron chi connectivity index (χ0n) is 17.1. The van der Waals surface area contributed by atoms with Crippen molar-refractivity contribution < 1.29 is 4.52 Å². The number of halogens is 1. The molecule has 7 heteroatoms. The molecule has 1 N–H and O–H groups in total. The summed E-state index contributed by atoms with van der Waals surface area (Å²) in [7, 11) is 1.86. The minimum absolute atomic E-state index is 0. The first kappa shape index (κ1) is 22.7. The summed E-state index contributed by atoms with van der Waals surface area (Å²) >= 11 is 0. The number of guanidine groups is 1. The van der Waals surface area contributed by atoms with Crippen molar-refractivity contribution >= 4 is 29.9 Å². The number of nitrogens with one attached hydrogen (secondary N) is 1. The summed E-state index contributed by atoms with van der Waals surface area (Å²) in [5.41, 5.74) is 3.77. The topological polar surface area (TPSA) is 56.9 Å². The van der Waals surface area contributed by atoms with Crippen LogP contribution < -0.4 is 5.32 Å². The molecule has 0 unspecified atom stereocenters. The van der Waals surface area contributed by atoms with Crippen LogP contribution in [0.2, 0.25) is 0 Å². The SMILES string of the molecule is CCc1ccc(CCNC(=NC)N2CCN(Cc3cc(C)on3)CC2)cc1.I. The van der Waals surface area contributed by atoms with Crippen LogP contribution in [0.5, 0.6) is 0 Å². The quantitative estimate of drug-likeness (QED) is 0.378. The van der Waals surface area contributed by atoms with Crippen LogP contribution in [0.4, 0.5) is 0 Å². The lowest BCUT2D eigenvalue weighted by atomic mass is 10.1. The van der Waals surface area contributed by atoms with Crippen LogP contribution in [0, 0.1) is 6.92 Å². The van der Waals surface area contributed by atoms with Crippen LogP contribution >= 0.6 is 24.0 Å². The van der Waals surface area contributed by atoms with Crippen molar-refractivity contribution in [1.29, 1.82) is 0 Å². The minimum Gasteiger partial charge on any atom is -0.361 e. The molecular formula is C21H32IN5O. The van der Waals surface area contributed by atoms with Gasteiger partial charge in [-0.25, -0.2) is 0 Å². The van der Waals surface area contributed by atoms with Gasteiger partial charge in [0.05, 0.1) is 5.69 Å². The molecule has 3 rings (SSSR count). The standard InChI is InChI=1S/C21H31N5O.HI/c1-4-18-5-7-19(8-6-18)9-10-23-21(22-3)26-13-11-25(12-14-26)16-20-15-17(2)27-24-20;/h5-8,15H,4,9-14,16H2,1-3H3,(H,22,23);1H. The first-order valence-electron chi connectivity index (χ1n) is 9.86.